The molecule has 0 aliphatic rings. The van der Waals surface area contributed by atoms with Crippen molar-refractivity contribution in [3.8, 4) is 17.2 Å². The van der Waals surface area contributed by atoms with Crippen molar-refractivity contribution in [1.82, 2.24) is 5.06 Å². The Hall–Kier alpha value is -1.95. The van der Waals surface area contributed by atoms with Gasteiger partial charge in [0.05, 0.1) is 5.56 Å². The third kappa shape index (κ3) is 2.50. The highest BCUT2D eigenvalue weighted by Crippen LogP contribution is 2.35. The van der Waals surface area contributed by atoms with E-state index in [2.05, 4.69) is 4.84 Å². The van der Waals surface area contributed by atoms with Gasteiger partial charge >= 0.3 is 5.97 Å². The van der Waals surface area contributed by atoms with Gasteiger partial charge in [0.15, 0.2) is 17.2 Å². The molecule has 1 aromatic rings. The summed E-state index contributed by atoms with van der Waals surface area (Å²) < 4.78 is 0. The van der Waals surface area contributed by atoms with Crippen LogP contribution in [-0.2, 0) is 4.84 Å². The molecular formula is C9H11NO5. The zero-order valence-electron chi connectivity index (χ0n) is 8.26. The Morgan fingerprint density at radius 1 is 1.20 bits per heavy atom. The van der Waals surface area contributed by atoms with Gasteiger partial charge in [-0.25, -0.2) is 4.79 Å². The number of phenolic OH excluding ortho intramolecular Hbond substituents is 3. The quantitative estimate of drug-likeness (QED) is 0.487. The topological polar surface area (TPSA) is 90.2 Å². The summed E-state index contributed by atoms with van der Waals surface area (Å²) in [5.41, 5.74) is -0.0588. The molecule has 0 aliphatic carbocycles. The van der Waals surface area contributed by atoms with Crippen LogP contribution in [0.3, 0.4) is 0 Å². The zero-order chi connectivity index (χ0) is 11.6. The number of rotatable bonds is 2. The lowest BCUT2D eigenvalue weighted by molar-refractivity contribution is -0.0713. The molecule has 0 heterocycles. The van der Waals surface area contributed by atoms with Gasteiger partial charge < -0.3 is 20.2 Å². The van der Waals surface area contributed by atoms with Crippen LogP contribution in [0.5, 0.6) is 17.2 Å². The minimum atomic E-state index is -0.745. The summed E-state index contributed by atoms with van der Waals surface area (Å²) in [6, 6.07) is 2.00. The number of benzene rings is 1. The van der Waals surface area contributed by atoms with E-state index in [1.54, 1.807) is 0 Å². The SMILES string of the molecule is CN(C)OC(=O)c1cc(O)c(O)c(O)c1. The summed E-state index contributed by atoms with van der Waals surface area (Å²) in [6.07, 6.45) is 0. The number of carbonyl (C=O) groups excluding carboxylic acids is 1. The molecule has 0 spiro atoms. The van der Waals surface area contributed by atoms with Crippen LogP contribution in [0.25, 0.3) is 0 Å². The number of hydroxylamine groups is 2. The van der Waals surface area contributed by atoms with Crippen LogP contribution in [0.1, 0.15) is 10.4 Å². The molecule has 82 valence electrons. The molecule has 0 fully saturated rings. The summed E-state index contributed by atoms with van der Waals surface area (Å²) in [6.45, 7) is 0. The van der Waals surface area contributed by atoms with Crippen LogP contribution >= 0.6 is 0 Å². The van der Waals surface area contributed by atoms with Crippen LogP contribution in [0.15, 0.2) is 12.1 Å². The Kier molecular flexibility index (Phi) is 3.01. The molecule has 0 amide bonds. The summed E-state index contributed by atoms with van der Waals surface area (Å²) in [4.78, 5) is 16.0. The summed E-state index contributed by atoms with van der Waals surface area (Å²) in [7, 11) is 3.02. The first-order valence-electron chi connectivity index (χ1n) is 4.06. The molecule has 3 N–H and O–H groups in total. The minimum absolute atomic E-state index is 0.0588. The summed E-state index contributed by atoms with van der Waals surface area (Å²) >= 11 is 0. The monoisotopic (exact) mass is 213 g/mol. The first-order chi connectivity index (χ1) is 6.91. The number of hydrogen-bond acceptors (Lipinski definition) is 6. The normalized spacial score (nSPS) is 10.3. The molecule has 0 saturated heterocycles. The Labute approximate surface area is 85.9 Å². The van der Waals surface area contributed by atoms with Gasteiger partial charge in [-0.15, -0.1) is 5.06 Å². The largest absolute Gasteiger partial charge is 0.504 e. The third-order valence-corrected chi connectivity index (χ3v) is 1.57. The second-order valence-electron chi connectivity index (χ2n) is 3.05. The second kappa shape index (κ2) is 4.05. The van der Waals surface area contributed by atoms with Gasteiger partial charge in [-0.2, -0.15) is 0 Å². The Morgan fingerprint density at radius 3 is 2.07 bits per heavy atom. The van der Waals surface area contributed by atoms with Crippen molar-refractivity contribution in [2.45, 2.75) is 0 Å². The lowest BCUT2D eigenvalue weighted by atomic mass is 10.2. The average Bonchev–Trinajstić information content (AvgIpc) is 2.12. The molecule has 1 aromatic carbocycles. The lowest BCUT2D eigenvalue weighted by Gasteiger charge is -2.10. The standard InChI is InChI=1S/C9H11NO5/c1-10(2)15-9(14)5-3-6(11)8(13)7(12)4-5/h3-4,11-13H,1-2H3. The van der Waals surface area contributed by atoms with E-state index >= 15 is 0 Å². The van der Waals surface area contributed by atoms with Gasteiger partial charge in [-0.1, -0.05) is 0 Å². The number of aromatic hydroxyl groups is 3. The molecule has 0 bridgehead atoms. The van der Waals surface area contributed by atoms with Gasteiger partial charge in [-0.3, -0.25) is 0 Å². The Balaban J connectivity index is 3.01. The highest BCUT2D eigenvalue weighted by Gasteiger charge is 2.15. The molecule has 1 rings (SSSR count). The predicted octanol–water partition coefficient (Wildman–Crippen LogP) is 0.437. The van der Waals surface area contributed by atoms with Crippen molar-refractivity contribution in [3.05, 3.63) is 17.7 Å². The van der Waals surface area contributed by atoms with Gasteiger partial charge in [0, 0.05) is 14.1 Å². The molecule has 6 heteroatoms. The van der Waals surface area contributed by atoms with Gasteiger partial charge in [0.1, 0.15) is 0 Å². The fourth-order valence-corrected chi connectivity index (χ4v) is 0.941. The van der Waals surface area contributed by atoms with Crippen LogP contribution in [-0.4, -0.2) is 40.4 Å². The molecule has 0 aliphatic heterocycles. The van der Waals surface area contributed by atoms with E-state index in [1.807, 2.05) is 0 Å². The third-order valence-electron chi connectivity index (χ3n) is 1.57. The van der Waals surface area contributed by atoms with Crippen LogP contribution < -0.4 is 0 Å². The van der Waals surface area contributed by atoms with Gasteiger partial charge in [0.2, 0.25) is 0 Å². The number of nitrogens with zero attached hydrogens (tertiary/aromatic N) is 1. The minimum Gasteiger partial charge on any atom is -0.504 e. The average molecular weight is 213 g/mol. The van der Waals surface area contributed by atoms with E-state index in [1.165, 1.54) is 19.2 Å². The lowest BCUT2D eigenvalue weighted by Crippen LogP contribution is -2.18. The van der Waals surface area contributed by atoms with Crippen molar-refractivity contribution in [3.63, 3.8) is 0 Å². The van der Waals surface area contributed by atoms with Gasteiger partial charge in [-0.05, 0) is 12.1 Å². The van der Waals surface area contributed by atoms with E-state index in [9.17, 15) is 4.79 Å². The van der Waals surface area contributed by atoms with Crippen LogP contribution in [0.2, 0.25) is 0 Å². The number of phenols is 3. The molecule has 0 saturated carbocycles. The maximum atomic E-state index is 11.3. The Bertz CT molecular complexity index is 365. The maximum Gasteiger partial charge on any atom is 0.357 e. The molecular weight excluding hydrogens is 202 g/mol. The smallest absolute Gasteiger partial charge is 0.357 e. The van der Waals surface area contributed by atoms with Crippen LogP contribution in [0.4, 0.5) is 0 Å². The van der Waals surface area contributed by atoms with Crippen LogP contribution in [0, 0.1) is 0 Å². The van der Waals surface area contributed by atoms with Crippen molar-refractivity contribution in [1.29, 1.82) is 0 Å². The molecule has 15 heavy (non-hydrogen) atoms. The molecule has 0 aromatic heterocycles. The van der Waals surface area contributed by atoms with E-state index in [0.717, 1.165) is 12.1 Å². The number of hydrogen-bond donors (Lipinski definition) is 3. The van der Waals surface area contributed by atoms with Gasteiger partial charge in [0.25, 0.3) is 0 Å². The van der Waals surface area contributed by atoms with E-state index in [-0.39, 0.29) is 5.56 Å². The number of carbonyl (C=O) groups is 1. The van der Waals surface area contributed by atoms with Crippen molar-refractivity contribution in [2.24, 2.45) is 0 Å². The molecule has 0 unspecified atom stereocenters. The van der Waals surface area contributed by atoms with E-state index in [4.69, 9.17) is 15.3 Å². The zero-order valence-corrected chi connectivity index (χ0v) is 8.26. The first-order valence-corrected chi connectivity index (χ1v) is 4.06. The fraction of sp³-hybridized carbons (Fsp3) is 0.222. The summed E-state index contributed by atoms with van der Waals surface area (Å²) in [5.74, 6) is -2.58. The second-order valence-corrected chi connectivity index (χ2v) is 3.05. The Morgan fingerprint density at radius 2 is 1.67 bits per heavy atom. The molecule has 0 atom stereocenters. The first kappa shape index (κ1) is 11.1. The highest BCUT2D eigenvalue weighted by molar-refractivity contribution is 5.90. The van der Waals surface area contributed by atoms with Crippen molar-refractivity contribution < 1.29 is 25.0 Å². The van der Waals surface area contributed by atoms with Crippen molar-refractivity contribution in [2.75, 3.05) is 14.1 Å². The van der Waals surface area contributed by atoms with E-state index in [0.29, 0.717) is 0 Å². The van der Waals surface area contributed by atoms with Crippen molar-refractivity contribution >= 4 is 5.97 Å². The molecule has 0 radical (unpaired) electrons. The maximum absolute atomic E-state index is 11.3. The fourth-order valence-electron chi connectivity index (χ4n) is 0.941. The summed E-state index contributed by atoms with van der Waals surface area (Å²) in [5, 5.41) is 28.5. The molecule has 6 nitrogen and oxygen atoms in total. The highest BCUT2D eigenvalue weighted by atomic mass is 16.7. The predicted molar refractivity (Wildman–Crippen MR) is 50.5 cm³/mol. The van der Waals surface area contributed by atoms with E-state index < -0.39 is 23.2 Å².